The molecule has 27 heavy (non-hydrogen) atoms. The lowest BCUT2D eigenvalue weighted by Gasteiger charge is -2.12. The number of benzene rings is 1. The van der Waals surface area contributed by atoms with Gasteiger partial charge in [0.05, 0.1) is 6.21 Å². The molecule has 0 radical (unpaired) electrons. The van der Waals surface area contributed by atoms with E-state index in [0.717, 1.165) is 21.7 Å². The van der Waals surface area contributed by atoms with Gasteiger partial charge in [0.2, 0.25) is 5.91 Å². The Morgan fingerprint density at radius 3 is 2.63 bits per heavy atom. The van der Waals surface area contributed by atoms with Crippen molar-refractivity contribution in [3.63, 3.8) is 0 Å². The number of hydrogen-bond acceptors (Lipinski definition) is 6. The zero-order chi connectivity index (χ0) is 19.4. The van der Waals surface area contributed by atoms with Crippen LogP contribution in [0, 0.1) is 13.8 Å². The number of thiophene rings is 1. The van der Waals surface area contributed by atoms with Crippen molar-refractivity contribution < 1.29 is 9.59 Å². The van der Waals surface area contributed by atoms with Gasteiger partial charge in [-0.2, -0.15) is 10.1 Å². The summed E-state index contributed by atoms with van der Waals surface area (Å²) in [5.74, 6) is -0.428. The van der Waals surface area contributed by atoms with Crippen LogP contribution in [0.4, 0.5) is 5.69 Å². The topological polar surface area (TPSA) is 74.1 Å². The molecule has 0 bridgehead atoms. The minimum atomic E-state index is -0.534. The van der Waals surface area contributed by atoms with Crippen LogP contribution in [-0.4, -0.2) is 40.5 Å². The molecule has 1 saturated heterocycles. The number of thioether (sulfide) groups is 1. The quantitative estimate of drug-likeness (QED) is 0.779. The van der Waals surface area contributed by atoms with Crippen molar-refractivity contribution in [2.45, 2.75) is 25.5 Å². The average Bonchev–Trinajstić information content (AvgIpc) is 3.25. The lowest BCUT2D eigenvalue weighted by atomic mass is 10.1. The number of hydrogen-bond donors (Lipinski definition) is 1. The maximum Gasteiger partial charge on any atom is 0.263 e. The zero-order valence-corrected chi connectivity index (χ0v) is 16.9. The Kier molecular flexibility index (Phi) is 6.08. The van der Waals surface area contributed by atoms with E-state index in [1.165, 1.54) is 28.1 Å². The summed E-state index contributed by atoms with van der Waals surface area (Å²) >= 11 is 2.80. The van der Waals surface area contributed by atoms with E-state index in [2.05, 4.69) is 15.4 Å². The maximum atomic E-state index is 12.7. The molecule has 0 aliphatic carbocycles. The molecule has 3 rings (SSSR count). The number of carbonyl (C=O) groups is 2. The summed E-state index contributed by atoms with van der Waals surface area (Å²) in [6.07, 6.45) is 1.70. The molecule has 1 aliphatic rings. The number of aliphatic imine (C=N–C) groups is 1. The highest BCUT2D eigenvalue weighted by Crippen LogP contribution is 2.30. The van der Waals surface area contributed by atoms with Gasteiger partial charge in [-0.1, -0.05) is 36.0 Å². The molecule has 140 valence electrons. The van der Waals surface area contributed by atoms with E-state index in [1.54, 1.807) is 13.3 Å². The number of nitrogens with one attached hydrogen (secondary N) is 1. The van der Waals surface area contributed by atoms with Gasteiger partial charge in [-0.25, -0.2) is 0 Å². The van der Waals surface area contributed by atoms with E-state index < -0.39 is 5.25 Å². The Bertz CT molecular complexity index is 886. The first-order chi connectivity index (χ1) is 13.0. The van der Waals surface area contributed by atoms with E-state index >= 15 is 0 Å². The van der Waals surface area contributed by atoms with Gasteiger partial charge in [0.1, 0.15) is 5.25 Å². The van der Waals surface area contributed by atoms with E-state index in [-0.39, 0.29) is 18.2 Å². The van der Waals surface area contributed by atoms with E-state index in [0.29, 0.717) is 5.17 Å². The van der Waals surface area contributed by atoms with Crippen molar-refractivity contribution in [3.8, 4) is 0 Å². The molecule has 1 fully saturated rings. The zero-order valence-electron chi connectivity index (χ0n) is 15.3. The largest absolute Gasteiger partial charge is 0.326 e. The number of amidine groups is 1. The fourth-order valence-corrected chi connectivity index (χ4v) is 4.30. The summed E-state index contributed by atoms with van der Waals surface area (Å²) < 4.78 is 0. The van der Waals surface area contributed by atoms with Gasteiger partial charge in [0.15, 0.2) is 5.17 Å². The molecular formula is C19H20N4O2S2. The number of para-hydroxylation sites is 1. The van der Waals surface area contributed by atoms with E-state index in [1.807, 2.05) is 49.6 Å². The molecule has 8 heteroatoms. The summed E-state index contributed by atoms with van der Waals surface area (Å²) in [6.45, 7) is 3.89. The Hall–Kier alpha value is -2.45. The number of amides is 2. The van der Waals surface area contributed by atoms with Gasteiger partial charge < -0.3 is 5.32 Å². The summed E-state index contributed by atoms with van der Waals surface area (Å²) in [5.41, 5.74) is 2.79. The predicted molar refractivity (Wildman–Crippen MR) is 113 cm³/mol. The number of anilines is 1. The van der Waals surface area contributed by atoms with Crippen LogP contribution in [0.15, 0.2) is 45.8 Å². The van der Waals surface area contributed by atoms with E-state index in [9.17, 15) is 9.59 Å². The van der Waals surface area contributed by atoms with Crippen molar-refractivity contribution in [1.29, 1.82) is 0 Å². The van der Waals surface area contributed by atoms with Gasteiger partial charge in [0.25, 0.3) is 5.91 Å². The van der Waals surface area contributed by atoms with Gasteiger partial charge in [-0.15, -0.1) is 11.3 Å². The summed E-state index contributed by atoms with van der Waals surface area (Å²) in [7, 11) is 1.61. The van der Waals surface area contributed by atoms with Crippen molar-refractivity contribution in [3.05, 3.63) is 51.7 Å². The van der Waals surface area contributed by atoms with Crippen LogP contribution >= 0.6 is 23.1 Å². The van der Waals surface area contributed by atoms with Gasteiger partial charge in [0, 0.05) is 24.0 Å². The highest BCUT2D eigenvalue weighted by molar-refractivity contribution is 8.15. The molecule has 1 atom stereocenters. The standard InChI is InChI=1S/C19H20N4O2S2/c1-12-6-4-7-13(2)17(12)22-16(24)10-15-18(25)23(19(20-3)27-15)21-11-14-8-5-9-26-14/h4-9,11,15H,10H2,1-3H3,(H,22,24)/b20-19?,21-11+. The summed E-state index contributed by atoms with van der Waals surface area (Å²) in [4.78, 5) is 30.3. The van der Waals surface area contributed by atoms with Crippen LogP contribution in [0.1, 0.15) is 22.4 Å². The molecule has 1 aromatic carbocycles. The molecule has 2 heterocycles. The highest BCUT2D eigenvalue weighted by Gasteiger charge is 2.39. The predicted octanol–water partition coefficient (Wildman–Crippen LogP) is 3.66. The fraction of sp³-hybridized carbons (Fsp3) is 0.263. The second-order valence-electron chi connectivity index (χ2n) is 6.04. The van der Waals surface area contributed by atoms with Crippen molar-refractivity contribution in [1.82, 2.24) is 5.01 Å². The molecule has 6 nitrogen and oxygen atoms in total. The first kappa shape index (κ1) is 19.3. The monoisotopic (exact) mass is 400 g/mol. The Balaban J connectivity index is 1.68. The highest BCUT2D eigenvalue weighted by atomic mass is 32.2. The summed E-state index contributed by atoms with van der Waals surface area (Å²) in [6, 6.07) is 9.67. The first-order valence-electron chi connectivity index (χ1n) is 8.40. The molecule has 1 unspecified atom stereocenters. The number of carbonyl (C=O) groups excluding carboxylic acids is 2. The minimum Gasteiger partial charge on any atom is -0.326 e. The fourth-order valence-electron chi connectivity index (χ4n) is 2.69. The Morgan fingerprint density at radius 1 is 1.26 bits per heavy atom. The van der Waals surface area contributed by atoms with Crippen LogP contribution in [0.3, 0.4) is 0 Å². The van der Waals surface area contributed by atoms with Crippen LogP contribution in [0.25, 0.3) is 0 Å². The third kappa shape index (κ3) is 4.45. The molecule has 1 aliphatic heterocycles. The van der Waals surface area contributed by atoms with Gasteiger partial charge in [-0.3, -0.25) is 14.6 Å². The molecule has 0 spiro atoms. The molecular weight excluding hydrogens is 380 g/mol. The number of aryl methyl sites for hydroxylation is 2. The third-order valence-electron chi connectivity index (χ3n) is 4.06. The smallest absolute Gasteiger partial charge is 0.263 e. The average molecular weight is 401 g/mol. The van der Waals surface area contributed by atoms with E-state index in [4.69, 9.17) is 0 Å². The number of nitrogens with zero attached hydrogens (tertiary/aromatic N) is 3. The molecule has 2 aromatic rings. The number of hydrazone groups is 1. The van der Waals surface area contributed by atoms with Crippen LogP contribution in [0.2, 0.25) is 0 Å². The second kappa shape index (κ2) is 8.49. The Labute approximate surface area is 166 Å². The lowest BCUT2D eigenvalue weighted by molar-refractivity contribution is -0.128. The lowest BCUT2D eigenvalue weighted by Crippen LogP contribution is -2.30. The van der Waals surface area contributed by atoms with Crippen molar-refractivity contribution >= 4 is 52.0 Å². The third-order valence-corrected chi connectivity index (χ3v) is 6.09. The van der Waals surface area contributed by atoms with Crippen LogP contribution in [-0.2, 0) is 9.59 Å². The van der Waals surface area contributed by atoms with Gasteiger partial charge >= 0.3 is 0 Å². The first-order valence-corrected chi connectivity index (χ1v) is 10.2. The number of rotatable bonds is 5. The van der Waals surface area contributed by atoms with Gasteiger partial charge in [-0.05, 0) is 36.4 Å². The molecule has 1 aromatic heterocycles. The normalized spacial score (nSPS) is 18.6. The second-order valence-corrected chi connectivity index (χ2v) is 8.19. The molecule has 2 amide bonds. The minimum absolute atomic E-state index is 0.0708. The molecule has 1 N–H and O–H groups in total. The molecule has 0 saturated carbocycles. The Morgan fingerprint density at radius 2 is 2.00 bits per heavy atom. The van der Waals surface area contributed by atoms with Crippen LogP contribution < -0.4 is 5.32 Å². The van der Waals surface area contributed by atoms with Crippen molar-refractivity contribution in [2.24, 2.45) is 10.1 Å². The van der Waals surface area contributed by atoms with Crippen LogP contribution in [0.5, 0.6) is 0 Å². The maximum absolute atomic E-state index is 12.7. The SMILES string of the molecule is CN=C1SC(CC(=O)Nc2c(C)cccc2C)C(=O)N1/N=C/c1cccs1. The van der Waals surface area contributed by atoms with Crippen molar-refractivity contribution in [2.75, 3.05) is 12.4 Å². The summed E-state index contributed by atoms with van der Waals surface area (Å²) in [5, 5.41) is 10.4.